The lowest BCUT2D eigenvalue weighted by molar-refractivity contribution is 0.132. The molecule has 3 rings (SSSR count). The summed E-state index contributed by atoms with van der Waals surface area (Å²) in [6, 6.07) is 20.7. The van der Waals surface area contributed by atoms with Gasteiger partial charge in [0.25, 0.3) is 0 Å². The zero-order chi connectivity index (χ0) is 17.6. The smallest absolute Gasteiger partial charge is 0.224 e. The maximum Gasteiger partial charge on any atom is 0.224 e. The average molecular weight is 337 g/mol. The molecule has 0 saturated carbocycles. The number of nitrogens with zero attached hydrogens (tertiary/aromatic N) is 1. The van der Waals surface area contributed by atoms with Gasteiger partial charge in [0.05, 0.1) is 18.5 Å². The number of aromatic nitrogens is 1. The lowest BCUT2D eigenvalue weighted by Crippen LogP contribution is -2.21. The predicted octanol–water partition coefficient (Wildman–Crippen LogP) is 2.57. The van der Waals surface area contributed by atoms with Gasteiger partial charge in [-0.25, -0.2) is 0 Å². The van der Waals surface area contributed by atoms with E-state index in [0.717, 1.165) is 11.1 Å². The Morgan fingerprint density at radius 2 is 1.56 bits per heavy atom. The Hall–Kier alpha value is -3.05. The molecule has 0 aliphatic carbocycles. The second-order valence-corrected chi connectivity index (χ2v) is 5.48. The fourth-order valence-electron chi connectivity index (χ4n) is 2.62. The molecule has 5 nitrogen and oxygen atoms in total. The van der Waals surface area contributed by atoms with Crippen molar-refractivity contribution >= 4 is 0 Å². The second kappa shape index (κ2) is 7.68. The van der Waals surface area contributed by atoms with Crippen molar-refractivity contribution in [3.63, 3.8) is 0 Å². The van der Waals surface area contributed by atoms with E-state index in [1.807, 2.05) is 60.7 Å². The van der Waals surface area contributed by atoms with Crippen LogP contribution in [0.3, 0.4) is 0 Å². The number of ether oxygens (including phenoxy) is 1. The molecule has 0 saturated heterocycles. The maximum absolute atomic E-state index is 12.4. The van der Waals surface area contributed by atoms with Gasteiger partial charge in [0.2, 0.25) is 5.43 Å². The summed E-state index contributed by atoms with van der Waals surface area (Å²) >= 11 is 0. The Kier molecular flexibility index (Phi) is 5.16. The first-order chi connectivity index (χ1) is 12.2. The lowest BCUT2D eigenvalue weighted by Gasteiger charge is -2.21. The molecule has 1 heterocycles. The van der Waals surface area contributed by atoms with Gasteiger partial charge >= 0.3 is 0 Å². The van der Waals surface area contributed by atoms with Gasteiger partial charge in [-0.2, -0.15) is 4.73 Å². The van der Waals surface area contributed by atoms with Gasteiger partial charge in [0.15, 0.2) is 5.75 Å². The van der Waals surface area contributed by atoms with Gasteiger partial charge in [0, 0.05) is 6.07 Å². The molecule has 0 unspecified atom stereocenters. The second-order valence-electron chi connectivity index (χ2n) is 5.48. The van der Waals surface area contributed by atoms with Crippen molar-refractivity contribution in [2.24, 2.45) is 0 Å². The first kappa shape index (κ1) is 16.8. The number of hydrogen-bond donors (Lipinski definition) is 1. The molecule has 0 radical (unpaired) electrons. The highest BCUT2D eigenvalue weighted by atomic mass is 16.6. The molecule has 0 atom stereocenters. The van der Waals surface area contributed by atoms with E-state index >= 15 is 0 Å². The Bertz CT molecular complexity index is 836. The molecule has 5 heteroatoms. The molecule has 1 N–H and O–H groups in total. The van der Waals surface area contributed by atoms with E-state index in [1.54, 1.807) is 0 Å². The van der Waals surface area contributed by atoms with E-state index in [0.29, 0.717) is 5.69 Å². The summed E-state index contributed by atoms with van der Waals surface area (Å²) in [6.45, 7) is -0.301. The Labute approximate surface area is 145 Å². The summed E-state index contributed by atoms with van der Waals surface area (Å²) in [5.74, 6) is 0.150. The minimum Gasteiger partial charge on any atom is -0.475 e. The van der Waals surface area contributed by atoms with Crippen molar-refractivity contribution in [2.45, 2.75) is 12.7 Å². The monoisotopic (exact) mass is 337 g/mol. The van der Waals surface area contributed by atoms with Crippen molar-refractivity contribution in [1.82, 2.24) is 4.73 Å². The third-order valence-corrected chi connectivity index (χ3v) is 3.87. The van der Waals surface area contributed by atoms with Crippen molar-refractivity contribution in [2.75, 3.05) is 7.11 Å². The Balaban J connectivity index is 2.03. The fourth-order valence-corrected chi connectivity index (χ4v) is 2.62. The first-order valence-electron chi connectivity index (χ1n) is 7.90. The maximum atomic E-state index is 12.4. The van der Waals surface area contributed by atoms with Crippen LogP contribution in [0.15, 0.2) is 77.7 Å². The third kappa shape index (κ3) is 3.72. The van der Waals surface area contributed by atoms with E-state index in [-0.39, 0.29) is 17.8 Å². The van der Waals surface area contributed by atoms with Crippen LogP contribution in [0, 0.1) is 0 Å². The van der Waals surface area contributed by atoms with Crippen molar-refractivity contribution in [3.05, 3.63) is 100.0 Å². The minimum atomic E-state index is -0.430. The van der Waals surface area contributed by atoms with Gasteiger partial charge in [-0.1, -0.05) is 60.7 Å². The molecule has 0 amide bonds. The molecule has 0 bridgehead atoms. The van der Waals surface area contributed by atoms with Crippen molar-refractivity contribution in [3.8, 4) is 5.75 Å². The standard InChI is InChI=1S/C20H19NO4/c1-24-21-13-19(18(23)12-17(21)14-22)25-20(15-8-4-2-5-9-15)16-10-6-3-7-11-16/h2-13,20,22H,14H2,1H3. The zero-order valence-electron chi connectivity index (χ0n) is 13.8. The summed E-state index contributed by atoms with van der Waals surface area (Å²) < 4.78 is 7.39. The van der Waals surface area contributed by atoms with Gasteiger partial charge in [0.1, 0.15) is 13.2 Å². The predicted molar refractivity (Wildman–Crippen MR) is 94.5 cm³/mol. The normalized spacial score (nSPS) is 10.7. The number of aliphatic hydroxyl groups is 1. The van der Waals surface area contributed by atoms with Crippen LogP contribution in [0.25, 0.3) is 0 Å². The van der Waals surface area contributed by atoms with Crippen LogP contribution in [0.2, 0.25) is 0 Å². The molecule has 2 aromatic carbocycles. The Morgan fingerprint density at radius 3 is 2.04 bits per heavy atom. The number of aliphatic hydroxyl groups excluding tert-OH is 1. The first-order valence-corrected chi connectivity index (χ1v) is 7.90. The number of pyridine rings is 1. The molecule has 25 heavy (non-hydrogen) atoms. The summed E-state index contributed by atoms with van der Waals surface area (Å²) in [7, 11) is 1.46. The summed E-state index contributed by atoms with van der Waals surface area (Å²) in [5.41, 5.74) is 1.91. The minimum absolute atomic E-state index is 0.150. The molecule has 3 aromatic rings. The van der Waals surface area contributed by atoms with E-state index < -0.39 is 6.10 Å². The van der Waals surface area contributed by atoms with E-state index in [9.17, 15) is 9.90 Å². The van der Waals surface area contributed by atoms with Crippen molar-refractivity contribution in [1.29, 1.82) is 0 Å². The van der Waals surface area contributed by atoms with Crippen LogP contribution >= 0.6 is 0 Å². The van der Waals surface area contributed by atoms with Crippen LogP contribution < -0.4 is 15.0 Å². The number of benzene rings is 2. The van der Waals surface area contributed by atoms with E-state index in [1.165, 1.54) is 24.1 Å². The van der Waals surface area contributed by atoms with Gasteiger partial charge in [-0.15, -0.1) is 0 Å². The summed E-state index contributed by atoms with van der Waals surface area (Å²) in [5, 5.41) is 9.32. The van der Waals surface area contributed by atoms with Crippen molar-refractivity contribution < 1.29 is 14.7 Å². The number of hydrogen-bond acceptors (Lipinski definition) is 4. The highest BCUT2D eigenvalue weighted by Crippen LogP contribution is 2.26. The van der Waals surface area contributed by atoms with E-state index in [2.05, 4.69) is 0 Å². The van der Waals surface area contributed by atoms with Crippen LogP contribution in [0.1, 0.15) is 22.9 Å². The summed E-state index contributed by atoms with van der Waals surface area (Å²) in [6.07, 6.45) is 1.02. The van der Waals surface area contributed by atoms with Gasteiger partial charge < -0.3 is 14.7 Å². The zero-order valence-corrected chi connectivity index (χ0v) is 13.8. The van der Waals surface area contributed by atoms with Gasteiger partial charge in [-0.3, -0.25) is 4.79 Å². The molecule has 0 aliphatic rings. The van der Waals surface area contributed by atoms with E-state index in [4.69, 9.17) is 9.57 Å². The molecular formula is C20H19NO4. The third-order valence-electron chi connectivity index (χ3n) is 3.87. The fraction of sp³-hybridized carbons (Fsp3) is 0.150. The van der Waals surface area contributed by atoms with Crippen LogP contribution in [0.4, 0.5) is 0 Å². The molecule has 0 aliphatic heterocycles. The largest absolute Gasteiger partial charge is 0.475 e. The average Bonchev–Trinajstić information content (AvgIpc) is 2.68. The molecule has 1 aromatic heterocycles. The quantitative estimate of drug-likeness (QED) is 0.751. The molecule has 0 spiro atoms. The van der Waals surface area contributed by atoms with Crippen LogP contribution in [-0.2, 0) is 6.61 Å². The molecule has 0 fully saturated rings. The van der Waals surface area contributed by atoms with Gasteiger partial charge in [-0.05, 0) is 11.1 Å². The lowest BCUT2D eigenvalue weighted by atomic mass is 10.0. The SMILES string of the molecule is COn1cc(OC(c2ccccc2)c2ccccc2)c(=O)cc1CO. The topological polar surface area (TPSA) is 60.7 Å². The molecule has 128 valence electrons. The summed E-state index contributed by atoms with van der Waals surface area (Å²) in [4.78, 5) is 17.5. The van der Waals surface area contributed by atoms with Crippen LogP contribution in [-0.4, -0.2) is 16.9 Å². The molecular weight excluding hydrogens is 318 g/mol. The Morgan fingerprint density at radius 1 is 1.00 bits per heavy atom. The number of rotatable bonds is 6. The van der Waals surface area contributed by atoms with Crippen LogP contribution in [0.5, 0.6) is 5.75 Å². The highest BCUT2D eigenvalue weighted by Gasteiger charge is 2.18. The highest BCUT2D eigenvalue weighted by molar-refractivity contribution is 5.32.